The standard InChI is InChI=1S/C27H25NOSi.2C7H7.Zr/c1-30(2)27-23(16-17-24(29)26(27)28-18-10-4-3-5-11-18)25-21-14-8-6-12-19(21)20-13-7-9-15-22(20)25;2*1-7-5-3-2-4-6-7;/h3-17,23,25,28-29H,1-2H3;2*2-6H,1H2;/q;2*-1;+2. The van der Waals surface area contributed by atoms with E-state index >= 15 is 0 Å². The van der Waals surface area contributed by atoms with Gasteiger partial charge in [-0.05, 0) is 45.6 Å². The zero-order valence-corrected chi connectivity index (χ0v) is 29.4. The normalized spacial score (nSPS) is 14.4. The average Bonchev–Trinajstić information content (AvgIpc) is 3.38. The molecular weight excluding hydrogens is 642 g/mol. The van der Waals surface area contributed by atoms with Gasteiger partial charge in [0.05, 0.1) is 5.70 Å². The van der Waals surface area contributed by atoms with Gasteiger partial charge >= 0.3 is 26.2 Å². The molecule has 2 N–H and O–H groups in total. The van der Waals surface area contributed by atoms with Crippen molar-refractivity contribution in [3.05, 3.63) is 199 Å². The van der Waals surface area contributed by atoms with Crippen LogP contribution < -0.4 is 5.32 Å². The van der Waals surface area contributed by atoms with Gasteiger partial charge in [-0.1, -0.05) is 98.0 Å². The van der Waals surface area contributed by atoms with E-state index in [9.17, 15) is 5.11 Å². The summed E-state index contributed by atoms with van der Waals surface area (Å²) in [5.41, 5.74) is 9.47. The van der Waals surface area contributed by atoms with Crippen molar-refractivity contribution in [2.24, 2.45) is 5.92 Å². The molecule has 1 atom stereocenters. The molecule has 0 aromatic heterocycles. The van der Waals surface area contributed by atoms with Gasteiger partial charge < -0.3 is 10.4 Å². The Balaban J connectivity index is 0.000000253. The van der Waals surface area contributed by atoms with E-state index in [-0.39, 0.29) is 38.0 Å². The van der Waals surface area contributed by atoms with Crippen LogP contribution in [0.4, 0.5) is 5.69 Å². The van der Waals surface area contributed by atoms with Gasteiger partial charge in [0.25, 0.3) is 0 Å². The first kappa shape index (κ1) is 33.8. The van der Waals surface area contributed by atoms with Crippen LogP contribution in [0.15, 0.2) is 163 Å². The number of rotatable bonds is 3. The van der Waals surface area contributed by atoms with Crippen LogP contribution in [0.5, 0.6) is 0 Å². The average molecular weight is 681 g/mol. The summed E-state index contributed by atoms with van der Waals surface area (Å²) >= 11 is 0. The van der Waals surface area contributed by atoms with Gasteiger partial charge in [-0.25, -0.2) is 0 Å². The molecular formula is C41H39NOSiZr. The summed E-state index contributed by atoms with van der Waals surface area (Å²) < 4.78 is 0. The Bertz CT molecular complexity index is 1690. The molecule has 0 saturated heterocycles. The zero-order chi connectivity index (χ0) is 30.9. The Hall–Kier alpha value is -4.11. The number of nitrogens with one attached hydrogen (secondary N) is 1. The number of aliphatic hydroxyl groups excluding tert-OH is 1. The van der Waals surface area contributed by atoms with Gasteiger partial charge in [0, 0.05) is 25.9 Å². The van der Waals surface area contributed by atoms with Crippen LogP contribution >= 0.6 is 0 Å². The molecule has 0 radical (unpaired) electrons. The summed E-state index contributed by atoms with van der Waals surface area (Å²) in [6.45, 7) is 12.1. The Morgan fingerprint density at radius 2 is 1.02 bits per heavy atom. The number of benzene rings is 5. The van der Waals surface area contributed by atoms with Crippen molar-refractivity contribution in [2.75, 3.05) is 5.32 Å². The van der Waals surface area contributed by atoms with Crippen LogP contribution in [0, 0.1) is 19.8 Å². The Kier molecular flexibility index (Phi) is 12.2. The predicted octanol–water partition coefficient (Wildman–Crippen LogP) is 10.1. The fourth-order valence-electron chi connectivity index (χ4n) is 5.87. The maximum absolute atomic E-state index is 10.8. The van der Waals surface area contributed by atoms with Crippen molar-refractivity contribution >= 4 is 19.3 Å². The maximum Gasteiger partial charge on any atom is 2.00 e. The van der Waals surface area contributed by atoms with Gasteiger partial charge in [0.2, 0.25) is 0 Å². The van der Waals surface area contributed by atoms with E-state index < -0.39 is 8.41 Å². The summed E-state index contributed by atoms with van der Waals surface area (Å²) in [6, 6.07) is 47.4. The van der Waals surface area contributed by atoms with Crippen LogP contribution in [-0.2, 0) is 26.2 Å². The first-order valence-corrected chi connectivity index (χ1v) is 17.5. The predicted molar refractivity (Wildman–Crippen MR) is 190 cm³/mol. The molecule has 0 aliphatic heterocycles. The molecule has 2 aliphatic rings. The molecule has 0 amide bonds. The molecule has 5 aromatic rings. The summed E-state index contributed by atoms with van der Waals surface area (Å²) in [6.07, 6.45) is 4.09. The number of para-hydroxylation sites is 1. The van der Waals surface area contributed by atoms with Crippen molar-refractivity contribution in [1.29, 1.82) is 0 Å². The van der Waals surface area contributed by atoms with Crippen LogP contribution in [0.25, 0.3) is 11.1 Å². The van der Waals surface area contributed by atoms with Crippen LogP contribution in [0.2, 0.25) is 13.1 Å². The molecule has 0 spiro atoms. The van der Waals surface area contributed by atoms with E-state index in [4.69, 9.17) is 0 Å². The topological polar surface area (TPSA) is 32.3 Å². The SMILES string of the molecule is C[Si](C)=C1C(Nc2ccccc2)=C(O)C=CC1C1c2ccccc2-c2ccccc21.[CH2-]c1ccccc1.[CH2-]c1ccccc1.[Zr+2]. The second kappa shape index (κ2) is 16.3. The Labute approximate surface area is 289 Å². The minimum absolute atomic E-state index is 0. The number of hydrogen-bond donors (Lipinski definition) is 2. The quantitative estimate of drug-likeness (QED) is 0.147. The third-order valence-corrected chi connectivity index (χ3v) is 9.49. The first-order chi connectivity index (χ1) is 21.4. The first-order valence-electron chi connectivity index (χ1n) is 15.0. The second-order valence-electron chi connectivity index (χ2n) is 11.2. The van der Waals surface area contributed by atoms with Gasteiger partial charge in [-0.2, -0.15) is 49.2 Å². The third-order valence-electron chi connectivity index (χ3n) is 7.83. The van der Waals surface area contributed by atoms with E-state index in [1.165, 1.54) is 27.4 Å². The number of anilines is 1. The van der Waals surface area contributed by atoms with Crippen molar-refractivity contribution in [3.63, 3.8) is 0 Å². The van der Waals surface area contributed by atoms with E-state index in [2.05, 4.69) is 86.9 Å². The molecule has 2 nitrogen and oxygen atoms in total. The summed E-state index contributed by atoms with van der Waals surface area (Å²) in [5, 5.41) is 15.7. The van der Waals surface area contributed by atoms with Crippen molar-refractivity contribution in [3.8, 4) is 11.1 Å². The Morgan fingerprint density at radius 1 is 0.600 bits per heavy atom. The molecule has 45 heavy (non-hydrogen) atoms. The molecule has 4 heteroatoms. The van der Waals surface area contributed by atoms with Gasteiger partial charge in [0.15, 0.2) is 0 Å². The van der Waals surface area contributed by atoms with Gasteiger partial charge in [-0.15, -0.1) is 24.3 Å². The monoisotopic (exact) mass is 679 g/mol. The van der Waals surface area contributed by atoms with Gasteiger partial charge in [0.1, 0.15) is 5.76 Å². The fourth-order valence-corrected chi connectivity index (χ4v) is 7.49. The largest absolute Gasteiger partial charge is 2.00 e. The minimum Gasteiger partial charge on any atom is -0.506 e. The molecule has 0 saturated carbocycles. The molecule has 0 fully saturated rings. The summed E-state index contributed by atoms with van der Waals surface area (Å²) in [5.74, 6) is 0.820. The van der Waals surface area contributed by atoms with Crippen LogP contribution in [-0.4, -0.2) is 18.7 Å². The molecule has 0 bridgehead atoms. The minimum atomic E-state index is -0.838. The van der Waals surface area contributed by atoms with E-state index in [1.54, 1.807) is 0 Å². The second-order valence-corrected chi connectivity index (χ2v) is 13.7. The molecule has 1 unspecified atom stereocenters. The number of fused-ring (bicyclic) bond motifs is 3. The van der Waals surface area contributed by atoms with Crippen LogP contribution in [0.1, 0.15) is 28.2 Å². The number of aliphatic hydroxyl groups is 1. The summed E-state index contributed by atoms with van der Waals surface area (Å²) in [7, 11) is -0.838. The van der Waals surface area contributed by atoms with E-state index in [0.717, 1.165) is 22.5 Å². The van der Waals surface area contributed by atoms with Crippen molar-refractivity contribution < 1.29 is 31.3 Å². The van der Waals surface area contributed by atoms with Crippen molar-refractivity contribution in [1.82, 2.24) is 0 Å². The van der Waals surface area contributed by atoms with Gasteiger partial charge in [-0.3, -0.25) is 0 Å². The van der Waals surface area contributed by atoms with Crippen LogP contribution in [0.3, 0.4) is 0 Å². The molecule has 2 aliphatic carbocycles. The number of hydrogen-bond acceptors (Lipinski definition) is 2. The summed E-state index contributed by atoms with van der Waals surface area (Å²) in [4.78, 5) is 0. The molecule has 0 heterocycles. The van der Waals surface area contributed by atoms with Crippen molar-refractivity contribution in [2.45, 2.75) is 19.0 Å². The third kappa shape index (κ3) is 8.34. The smallest absolute Gasteiger partial charge is 0.506 e. The molecule has 5 aromatic carbocycles. The van der Waals surface area contributed by atoms with E-state index in [0.29, 0.717) is 5.76 Å². The fraction of sp³-hybridized carbons (Fsp3) is 0.0976. The maximum atomic E-state index is 10.8. The molecule has 222 valence electrons. The zero-order valence-electron chi connectivity index (χ0n) is 25.9. The Morgan fingerprint density at radius 3 is 1.44 bits per heavy atom. The molecule has 7 rings (SSSR count). The number of allylic oxidation sites excluding steroid dienone is 3. The van der Waals surface area contributed by atoms with E-state index in [1.807, 2.05) is 97.1 Å².